The number of piperidine rings is 1. The number of nitrogens with one attached hydrogen (secondary N) is 1. The van der Waals surface area contributed by atoms with Crippen molar-refractivity contribution in [2.24, 2.45) is 11.8 Å². The van der Waals surface area contributed by atoms with Crippen LogP contribution in [0, 0.1) is 18.8 Å². The highest BCUT2D eigenvalue weighted by Crippen LogP contribution is 2.41. The zero-order valence-electron chi connectivity index (χ0n) is 18.6. The molecule has 0 spiro atoms. The van der Waals surface area contributed by atoms with Gasteiger partial charge < -0.3 is 15.0 Å². The highest BCUT2D eigenvalue weighted by Gasteiger charge is 2.43. The summed E-state index contributed by atoms with van der Waals surface area (Å²) in [6, 6.07) is 5.68. The van der Waals surface area contributed by atoms with Gasteiger partial charge in [0.05, 0.1) is 0 Å². The Morgan fingerprint density at radius 3 is 2.43 bits per heavy atom. The SMILES string of the molecule is Cc1ccc(OCC(F)(F)F)n2nc(NC3[C@@H]4CC[C@H]3CN(c3ccnc(C(F)(F)F)c3)C4)nc12. The average Bonchev–Trinajstić information content (AvgIpc) is 3.30. The highest BCUT2D eigenvalue weighted by molar-refractivity contribution is 5.53. The predicted molar refractivity (Wildman–Crippen MR) is 114 cm³/mol. The van der Waals surface area contributed by atoms with Crippen LogP contribution < -0.4 is 15.0 Å². The first-order valence-corrected chi connectivity index (χ1v) is 11.1. The third-order valence-corrected chi connectivity index (χ3v) is 6.56. The smallest absolute Gasteiger partial charge is 0.433 e. The van der Waals surface area contributed by atoms with Crippen LogP contribution in [0.25, 0.3) is 5.65 Å². The van der Waals surface area contributed by atoms with Gasteiger partial charge in [-0.1, -0.05) is 6.07 Å². The molecule has 1 N–H and O–H groups in total. The zero-order chi connectivity index (χ0) is 25.0. The van der Waals surface area contributed by atoms with Gasteiger partial charge in [-0.05, 0) is 49.3 Å². The van der Waals surface area contributed by atoms with Gasteiger partial charge in [0.2, 0.25) is 11.8 Å². The van der Waals surface area contributed by atoms with E-state index in [0.717, 1.165) is 24.5 Å². The van der Waals surface area contributed by atoms with Gasteiger partial charge in [-0.3, -0.25) is 4.98 Å². The Morgan fingerprint density at radius 2 is 1.77 bits per heavy atom. The number of alkyl halides is 6. The molecule has 3 aromatic heterocycles. The summed E-state index contributed by atoms with van der Waals surface area (Å²) in [6.07, 6.45) is -6.04. The number of aryl methyl sites for hydroxylation is 1. The van der Waals surface area contributed by atoms with Crippen molar-refractivity contribution in [3.05, 3.63) is 41.7 Å². The second kappa shape index (κ2) is 8.45. The van der Waals surface area contributed by atoms with Gasteiger partial charge in [-0.25, -0.2) is 0 Å². The Balaban J connectivity index is 1.33. The third-order valence-electron chi connectivity index (χ3n) is 6.56. The third kappa shape index (κ3) is 4.80. The molecule has 188 valence electrons. The number of ether oxygens (including phenoxy) is 1. The Labute approximate surface area is 196 Å². The summed E-state index contributed by atoms with van der Waals surface area (Å²) in [5.41, 5.74) is 0.667. The molecular formula is C22H22F6N6O. The van der Waals surface area contributed by atoms with Crippen molar-refractivity contribution in [3.63, 3.8) is 0 Å². The average molecular weight is 500 g/mol. The number of hydrogen-bond donors (Lipinski definition) is 1. The maximum Gasteiger partial charge on any atom is 0.433 e. The summed E-state index contributed by atoms with van der Waals surface area (Å²) >= 11 is 0. The minimum atomic E-state index is -4.51. The van der Waals surface area contributed by atoms with E-state index < -0.39 is 24.7 Å². The quantitative estimate of drug-likeness (QED) is 0.512. The molecule has 2 bridgehead atoms. The lowest BCUT2D eigenvalue weighted by molar-refractivity contribution is -0.154. The Kier molecular flexibility index (Phi) is 5.67. The number of hydrogen-bond acceptors (Lipinski definition) is 6. The van der Waals surface area contributed by atoms with Crippen LogP contribution in [0.15, 0.2) is 30.5 Å². The van der Waals surface area contributed by atoms with Gasteiger partial charge in [0.25, 0.3) is 0 Å². The van der Waals surface area contributed by atoms with Crippen LogP contribution >= 0.6 is 0 Å². The Morgan fingerprint density at radius 1 is 1.06 bits per heavy atom. The van der Waals surface area contributed by atoms with Gasteiger partial charge in [0, 0.05) is 37.1 Å². The monoisotopic (exact) mass is 500 g/mol. The normalized spacial score (nSPS) is 22.6. The summed E-state index contributed by atoms with van der Waals surface area (Å²) in [6.45, 7) is 1.44. The van der Waals surface area contributed by atoms with E-state index >= 15 is 0 Å². The van der Waals surface area contributed by atoms with E-state index in [4.69, 9.17) is 4.74 Å². The second-order valence-corrected chi connectivity index (χ2v) is 9.00. The van der Waals surface area contributed by atoms with Gasteiger partial charge >= 0.3 is 12.4 Å². The van der Waals surface area contributed by atoms with Crippen molar-refractivity contribution in [1.29, 1.82) is 0 Å². The fourth-order valence-electron chi connectivity index (χ4n) is 4.98. The van der Waals surface area contributed by atoms with Crippen molar-refractivity contribution >= 4 is 17.3 Å². The molecule has 0 aromatic carbocycles. The van der Waals surface area contributed by atoms with Crippen LogP contribution in [0.3, 0.4) is 0 Å². The molecule has 1 saturated heterocycles. The van der Waals surface area contributed by atoms with Gasteiger partial charge in [-0.15, -0.1) is 5.10 Å². The largest absolute Gasteiger partial charge is 0.468 e. The summed E-state index contributed by atoms with van der Waals surface area (Å²) in [7, 11) is 0. The lowest BCUT2D eigenvalue weighted by Gasteiger charge is -2.39. The molecule has 1 aliphatic heterocycles. The lowest BCUT2D eigenvalue weighted by atomic mass is 9.92. The maximum absolute atomic E-state index is 13.1. The fraction of sp³-hybridized carbons (Fsp3) is 0.500. The van der Waals surface area contributed by atoms with Crippen LogP contribution in [0.5, 0.6) is 5.88 Å². The molecule has 2 fully saturated rings. The van der Waals surface area contributed by atoms with Crippen LogP contribution in [0.2, 0.25) is 0 Å². The van der Waals surface area contributed by atoms with Crippen molar-refractivity contribution in [1.82, 2.24) is 19.6 Å². The molecule has 1 unspecified atom stereocenters. The number of aromatic nitrogens is 4. The van der Waals surface area contributed by atoms with E-state index in [9.17, 15) is 26.3 Å². The zero-order valence-corrected chi connectivity index (χ0v) is 18.6. The van der Waals surface area contributed by atoms with Gasteiger partial charge in [0.1, 0.15) is 5.69 Å². The number of anilines is 2. The molecular weight excluding hydrogens is 478 g/mol. The molecule has 1 saturated carbocycles. The number of nitrogens with zero attached hydrogens (tertiary/aromatic N) is 5. The molecule has 13 heteroatoms. The molecule has 35 heavy (non-hydrogen) atoms. The minimum Gasteiger partial charge on any atom is -0.468 e. The topological polar surface area (TPSA) is 67.6 Å². The van der Waals surface area contributed by atoms with E-state index in [1.165, 1.54) is 16.8 Å². The molecule has 1 aliphatic carbocycles. The summed E-state index contributed by atoms with van der Waals surface area (Å²) in [4.78, 5) is 9.84. The van der Waals surface area contributed by atoms with E-state index in [0.29, 0.717) is 24.4 Å². The van der Waals surface area contributed by atoms with E-state index in [1.807, 2.05) is 4.90 Å². The number of pyridine rings is 2. The van der Waals surface area contributed by atoms with Crippen molar-refractivity contribution < 1.29 is 31.1 Å². The van der Waals surface area contributed by atoms with Gasteiger partial charge in [-0.2, -0.15) is 35.8 Å². The van der Waals surface area contributed by atoms with Gasteiger partial charge in [0.15, 0.2) is 12.3 Å². The molecule has 4 heterocycles. The number of fused-ring (bicyclic) bond motifs is 3. The number of rotatable bonds is 5. The summed E-state index contributed by atoms with van der Waals surface area (Å²) in [5, 5.41) is 7.66. The van der Waals surface area contributed by atoms with Crippen molar-refractivity contribution in [2.45, 2.75) is 38.2 Å². The van der Waals surface area contributed by atoms with Crippen molar-refractivity contribution in [3.8, 4) is 5.88 Å². The number of halogens is 6. The molecule has 2 aliphatic rings. The molecule has 7 nitrogen and oxygen atoms in total. The lowest BCUT2D eigenvalue weighted by Crippen LogP contribution is -2.48. The highest BCUT2D eigenvalue weighted by atomic mass is 19.4. The Hall–Kier alpha value is -3.25. The van der Waals surface area contributed by atoms with Crippen LogP contribution in [-0.4, -0.2) is 51.5 Å². The second-order valence-electron chi connectivity index (χ2n) is 9.00. The summed E-state index contributed by atoms with van der Waals surface area (Å²) in [5.74, 6) is 0.490. The van der Waals surface area contributed by atoms with E-state index in [1.54, 1.807) is 19.1 Å². The Bertz CT molecular complexity index is 1210. The van der Waals surface area contributed by atoms with Crippen LogP contribution in [0.1, 0.15) is 24.1 Å². The molecule has 3 aromatic rings. The van der Waals surface area contributed by atoms with E-state index in [2.05, 4.69) is 20.4 Å². The summed E-state index contributed by atoms with van der Waals surface area (Å²) < 4.78 is 83.3. The standard InChI is InChI=1S/C22H22F6N6O/c1-12-2-5-17(35-11-21(23,24)25)34-19(12)31-20(32-34)30-18-13-3-4-14(18)10-33(9-13)15-6-7-29-16(8-15)22(26,27)28/h2,5-8,13-14,18H,3-4,9-11H2,1H3,(H,30,32)/t13-,14+,18?. The molecule has 0 radical (unpaired) electrons. The molecule has 5 rings (SSSR count). The molecule has 0 amide bonds. The van der Waals surface area contributed by atoms with Crippen molar-refractivity contribution in [2.75, 3.05) is 29.9 Å². The fourth-order valence-corrected chi connectivity index (χ4v) is 4.98. The maximum atomic E-state index is 13.1. The van der Waals surface area contributed by atoms with Crippen LogP contribution in [0.4, 0.5) is 38.0 Å². The van der Waals surface area contributed by atoms with E-state index in [-0.39, 0.29) is 29.7 Å². The first-order valence-electron chi connectivity index (χ1n) is 11.1. The minimum absolute atomic E-state index is 0.00700. The first kappa shape index (κ1) is 23.5. The predicted octanol–water partition coefficient (Wildman–Crippen LogP) is 4.72. The molecule has 3 atom stereocenters. The van der Waals surface area contributed by atoms with Crippen LogP contribution in [-0.2, 0) is 6.18 Å². The first-order chi connectivity index (χ1) is 16.5.